The summed E-state index contributed by atoms with van der Waals surface area (Å²) in [5.41, 5.74) is 2.00. The van der Waals surface area contributed by atoms with Crippen molar-refractivity contribution in [2.45, 2.75) is 18.2 Å². The monoisotopic (exact) mass is 419 g/mol. The molecule has 2 bridgehead atoms. The fourth-order valence-electron chi connectivity index (χ4n) is 5.07. The van der Waals surface area contributed by atoms with Crippen LogP contribution in [0.5, 0.6) is 0 Å². The summed E-state index contributed by atoms with van der Waals surface area (Å²) in [7, 11) is 0. The second-order valence-corrected chi connectivity index (χ2v) is 8.33. The highest BCUT2D eigenvalue weighted by atomic mass is 16.5. The molecule has 0 saturated carbocycles. The van der Waals surface area contributed by atoms with Crippen molar-refractivity contribution in [2.24, 2.45) is 16.8 Å². The van der Waals surface area contributed by atoms with Crippen LogP contribution in [-0.2, 0) is 23.9 Å². The molecule has 6 rings (SSSR count). The highest BCUT2D eigenvalue weighted by molar-refractivity contribution is 6.42. The molecule has 2 amide bonds. The minimum atomic E-state index is -0.955. The summed E-state index contributed by atoms with van der Waals surface area (Å²) in [6.07, 6.45) is 6.29. The Labute approximate surface area is 178 Å². The molecule has 8 heteroatoms. The van der Waals surface area contributed by atoms with Crippen LogP contribution in [-0.4, -0.2) is 66.8 Å². The van der Waals surface area contributed by atoms with Gasteiger partial charge >= 0.3 is 0 Å². The minimum Gasteiger partial charge on any atom is -0.467 e. The number of amides is 2. The Balaban J connectivity index is 1.27. The van der Waals surface area contributed by atoms with Crippen LogP contribution in [0.2, 0.25) is 0 Å². The van der Waals surface area contributed by atoms with Crippen molar-refractivity contribution < 1.29 is 23.9 Å². The lowest BCUT2D eigenvalue weighted by molar-refractivity contribution is -0.146. The van der Waals surface area contributed by atoms with Crippen LogP contribution in [0.3, 0.4) is 0 Å². The number of morpholine rings is 1. The van der Waals surface area contributed by atoms with Crippen molar-refractivity contribution in [2.75, 3.05) is 31.2 Å². The summed E-state index contributed by atoms with van der Waals surface area (Å²) < 4.78 is 11.2. The molecule has 5 atom stereocenters. The predicted molar refractivity (Wildman–Crippen MR) is 110 cm³/mol. The Hall–Kier alpha value is -3.26. The standard InChI is InChI=1S/C23H21N3O5/c27-19-18(26-22(28)15-3-1-2-4-16(15)23(26)29)20-17(24-21(19)31-20)13-5-7-14(8-6-13)25-9-11-30-12-10-25/h1-8,15-18,20H,9-12H2/t15?,16?,17-,18+,20-/m0/s1. The Kier molecular flexibility index (Phi) is 4.11. The van der Waals surface area contributed by atoms with Gasteiger partial charge in [0.25, 0.3) is 5.90 Å². The molecule has 0 spiro atoms. The zero-order chi connectivity index (χ0) is 21.1. The Morgan fingerprint density at radius 1 is 0.903 bits per heavy atom. The van der Waals surface area contributed by atoms with E-state index in [4.69, 9.17) is 9.47 Å². The maximum Gasteiger partial charge on any atom is 0.257 e. The number of imide groups is 1. The van der Waals surface area contributed by atoms with E-state index in [0.717, 1.165) is 29.2 Å². The number of ether oxygens (including phenoxy) is 2. The van der Waals surface area contributed by atoms with Gasteiger partial charge in [-0.3, -0.25) is 19.3 Å². The summed E-state index contributed by atoms with van der Waals surface area (Å²) in [6.45, 7) is 3.11. The van der Waals surface area contributed by atoms with Crippen molar-refractivity contribution in [1.82, 2.24) is 4.90 Å². The molecule has 0 N–H and O–H groups in total. The largest absolute Gasteiger partial charge is 0.467 e. The number of hydrogen-bond acceptors (Lipinski definition) is 7. The average Bonchev–Trinajstić information content (AvgIpc) is 3.46. The number of aliphatic imine (C=N–C) groups is 1. The molecular formula is C23H21N3O5. The number of Topliss-reactive ketones (excluding diaryl/α,β-unsaturated/α-hetero) is 1. The highest BCUT2D eigenvalue weighted by Gasteiger charge is 2.60. The summed E-state index contributed by atoms with van der Waals surface area (Å²) >= 11 is 0. The number of ketones is 1. The van der Waals surface area contributed by atoms with Crippen LogP contribution in [0.25, 0.3) is 0 Å². The molecule has 3 fully saturated rings. The second kappa shape index (κ2) is 6.88. The van der Waals surface area contributed by atoms with E-state index in [0.29, 0.717) is 13.2 Å². The second-order valence-electron chi connectivity index (χ2n) is 8.33. The van der Waals surface area contributed by atoms with E-state index in [2.05, 4.69) is 9.89 Å². The molecule has 158 valence electrons. The highest BCUT2D eigenvalue weighted by Crippen LogP contribution is 2.42. The predicted octanol–water partition coefficient (Wildman–Crippen LogP) is 1.04. The van der Waals surface area contributed by atoms with Crippen molar-refractivity contribution in [3.63, 3.8) is 0 Å². The molecule has 0 aromatic heterocycles. The van der Waals surface area contributed by atoms with Crippen LogP contribution in [0.15, 0.2) is 53.6 Å². The number of carbonyl (C=O) groups is 3. The molecule has 4 aliphatic heterocycles. The first-order valence-corrected chi connectivity index (χ1v) is 10.6. The van der Waals surface area contributed by atoms with Crippen molar-refractivity contribution in [3.8, 4) is 0 Å². The normalized spacial score (nSPS) is 33.7. The van der Waals surface area contributed by atoms with Crippen molar-refractivity contribution in [1.29, 1.82) is 0 Å². The molecule has 8 nitrogen and oxygen atoms in total. The van der Waals surface area contributed by atoms with E-state index in [9.17, 15) is 14.4 Å². The molecule has 31 heavy (non-hydrogen) atoms. The Morgan fingerprint density at radius 2 is 1.55 bits per heavy atom. The molecule has 5 aliphatic rings. The fraction of sp³-hybridized carbons (Fsp3) is 0.391. The van der Waals surface area contributed by atoms with E-state index in [1.807, 2.05) is 24.3 Å². The van der Waals surface area contributed by atoms with E-state index in [1.54, 1.807) is 24.3 Å². The average molecular weight is 419 g/mol. The molecule has 3 saturated heterocycles. The smallest absolute Gasteiger partial charge is 0.257 e. The minimum absolute atomic E-state index is 0.0128. The maximum absolute atomic E-state index is 13.0. The van der Waals surface area contributed by atoms with Gasteiger partial charge < -0.3 is 14.4 Å². The van der Waals surface area contributed by atoms with Crippen LogP contribution >= 0.6 is 0 Å². The third kappa shape index (κ3) is 2.71. The van der Waals surface area contributed by atoms with Gasteiger partial charge in [-0.15, -0.1) is 0 Å². The number of carbonyl (C=O) groups excluding carboxylic acids is 3. The van der Waals surface area contributed by atoms with Crippen molar-refractivity contribution >= 4 is 29.2 Å². The van der Waals surface area contributed by atoms with Crippen LogP contribution in [0, 0.1) is 11.8 Å². The van der Waals surface area contributed by atoms with Gasteiger partial charge in [0.1, 0.15) is 12.1 Å². The van der Waals surface area contributed by atoms with Crippen LogP contribution < -0.4 is 4.90 Å². The van der Waals surface area contributed by atoms with E-state index >= 15 is 0 Å². The number of allylic oxidation sites excluding steroid dienone is 2. The number of rotatable bonds is 3. The summed E-state index contributed by atoms with van der Waals surface area (Å²) in [5.74, 6) is -2.15. The SMILES string of the molecule is O=C1C2=N[C@@H](c3ccc(N4CCOCC4)cc3)[C@H](O2)[C@@H]1N1C(=O)C2C=CC=CC2C1=O. The summed E-state index contributed by atoms with van der Waals surface area (Å²) in [6, 6.07) is 6.63. The number of benzene rings is 1. The number of hydrogen-bond donors (Lipinski definition) is 0. The van der Waals surface area contributed by atoms with Gasteiger partial charge in [-0.25, -0.2) is 4.99 Å². The Morgan fingerprint density at radius 3 is 2.16 bits per heavy atom. The summed E-state index contributed by atoms with van der Waals surface area (Å²) in [4.78, 5) is 46.6. The molecule has 4 heterocycles. The van der Waals surface area contributed by atoms with Gasteiger partial charge in [0.15, 0.2) is 6.10 Å². The van der Waals surface area contributed by atoms with Gasteiger partial charge in [-0.05, 0) is 17.7 Å². The number of nitrogens with zero attached hydrogens (tertiary/aromatic N) is 3. The third-order valence-electron chi connectivity index (χ3n) is 6.67. The van der Waals surface area contributed by atoms with Crippen LogP contribution in [0.4, 0.5) is 5.69 Å². The van der Waals surface area contributed by atoms with Gasteiger partial charge in [0.2, 0.25) is 17.6 Å². The van der Waals surface area contributed by atoms with Gasteiger partial charge in [-0.1, -0.05) is 36.4 Å². The van der Waals surface area contributed by atoms with E-state index in [1.165, 1.54) is 0 Å². The van der Waals surface area contributed by atoms with Gasteiger partial charge in [0, 0.05) is 18.8 Å². The molecule has 1 aliphatic carbocycles. The van der Waals surface area contributed by atoms with E-state index in [-0.39, 0.29) is 23.5 Å². The first kappa shape index (κ1) is 18.5. The third-order valence-corrected chi connectivity index (χ3v) is 6.67. The number of fused-ring (bicyclic) bond motifs is 3. The molecule has 1 aromatic carbocycles. The molecule has 0 radical (unpaired) electrons. The fourth-order valence-corrected chi connectivity index (χ4v) is 5.07. The molecule has 1 aromatic rings. The first-order valence-electron chi connectivity index (χ1n) is 10.6. The first-order chi connectivity index (χ1) is 15.1. The van der Waals surface area contributed by atoms with Gasteiger partial charge in [0.05, 0.1) is 25.0 Å². The molecular weight excluding hydrogens is 398 g/mol. The lowest BCUT2D eigenvalue weighted by Gasteiger charge is -2.30. The zero-order valence-corrected chi connectivity index (χ0v) is 16.7. The number of likely N-dealkylation sites (tertiary alicyclic amines) is 1. The Bertz CT molecular complexity index is 1020. The lowest BCUT2D eigenvalue weighted by Crippen LogP contribution is -2.51. The quantitative estimate of drug-likeness (QED) is 0.681. The van der Waals surface area contributed by atoms with E-state index < -0.39 is 30.0 Å². The van der Waals surface area contributed by atoms with Gasteiger partial charge in [-0.2, -0.15) is 0 Å². The van der Waals surface area contributed by atoms with Crippen LogP contribution in [0.1, 0.15) is 11.6 Å². The lowest BCUT2D eigenvalue weighted by atomic mass is 9.91. The summed E-state index contributed by atoms with van der Waals surface area (Å²) in [5, 5.41) is 0. The number of anilines is 1. The zero-order valence-electron chi connectivity index (χ0n) is 16.7. The van der Waals surface area contributed by atoms with Crippen molar-refractivity contribution in [3.05, 3.63) is 54.1 Å². The molecule has 2 unspecified atom stereocenters. The maximum atomic E-state index is 13.0. The topological polar surface area (TPSA) is 88.5 Å².